The predicted octanol–water partition coefficient (Wildman–Crippen LogP) is 1.80. The molecule has 0 aliphatic rings. The van der Waals surface area contributed by atoms with Gasteiger partial charge in [0.1, 0.15) is 0 Å². The molecule has 0 amide bonds. The van der Waals surface area contributed by atoms with Crippen LogP contribution in [0.1, 0.15) is 38.5 Å². The molecule has 0 atom stereocenters. The lowest BCUT2D eigenvalue weighted by atomic mass is 10.1. The standard InChI is InChI=1S/C13H20O5/c1-17-12(15)9-5-3-7-11(14)8-4-6-10-13(16)18-2/h3,7H,4-6,8-10H2,1-2H3/b7-3+. The third-order valence-electron chi connectivity index (χ3n) is 2.33. The minimum Gasteiger partial charge on any atom is -0.469 e. The number of ether oxygens (including phenoxy) is 2. The number of carbonyl (C=O) groups excluding carboxylic acids is 3. The van der Waals surface area contributed by atoms with Gasteiger partial charge in [0.25, 0.3) is 0 Å². The summed E-state index contributed by atoms with van der Waals surface area (Å²) in [7, 11) is 2.68. The van der Waals surface area contributed by atoms with Gasteiger partial charge in [-0.25, -0.2) is 0 Å². The van der Waals surface area contributed by atoms with E-state index in [0.717, 1.165) is 0 Å². The first-order chi connectivity index (χ1) is 8.60. The highest BCUT2D eigenvalue weighted by atomic mass is 16.5. The average Bonchev–Trinajstić information content (AvgIpc) is 2.38. The van der Waals surface area contributed by atoms with E-state index in [-0.39, 0.29) is 24.1 Å². The lowest BCUT2D eigenvalue weighted by Gasteiger charge is -1.98. The van der Waals surface area contributed by atoms with Gasteiger partial charge >= 0.3 is 11.9 Å². The van der Waals surface area contributed by atoms with Crippen LogP contribution in [0.15, 0.2) is 12.2 Å². The van der Waals surface area contributed by atoms with Crippen LogP contribution in [0.3, 0.4) is 0 Å². The second-order valence-corrected chi connectivity index (χ2v) is 3.77. The van der Waals surface area contributed by atoms with Crippen LogP contribution in [0, 0.1) is 0 Å². The Morgan fingerprint density at radius 3 is 2.06 bits per heavy atom. The van der Waals surface area contributed by atoms with Crippen LogP contribution >= 0.6 is 0 Å². The molecule has 0 fully saturated rings. The second kappa shape index (κ2) is 10.5. The molecule has 0 aliphatic carbocycles. The van der Waals surface area contributed by atoms with E-state index in [0.29, 0.717) is 32.1 Å². The van der Waals surface area contributed by atoms with Crippen molar-refractivity contribution in [3.05, 3.63) is 12.2 Å². The lowest BCUT2D eigenvalue weighted by Crippen LogP contribution is -2.00. The zero-order valence-corrected chi connectivity index (χ0v) is 10.9. The number of allylic oxidation sites excluding steroid dienone is 2. The van der Waals surface area contributed by atoms with Gasteiger partial charge in [-0.05, 0) is 25.3 Å². The van der Waals surface area contributed by atoms with Crippen LogP contribution < -0.4 is 0 Å². The van der Waals surface area contributed by atoms with E-state index in [2.05, 4.69) is 9.47 Å². The molecule has 0 unspecified atom stereocenters. The number of hydrogen-bond donors (Lipinski definition) is 0. The van der Waals surface area contributed by atoms with E-state index in [4.69, 9.17) is 0 Å². The number of methoxy groups -OCH3 is 2. The zero-order valence-electron chi connectivity index (χ0n) is 10.9. The Labute approximate surface area is 107 Å². The Hall–Kier alpha value is -1.65. The van der Waals surface area contributed by atoms with E-state index in [1.54, 1.807) is 6.08 Å². The summed E-state index contributed by atoms with van der Waals surface area (Å²) in [4.78, 5) is 32.9. The van der Waals surface area contributed by atoms with Gasteiger partial charge in [0.2, 0.25) is 0 Å². The van der Waals surface area contributed by atoms with Crippen LogP contribution in [0.4, 0.5) is 0 Å². The van der Waals surface area contributed by atoms with Gasteiger partial charge in [-0.3, -0.25) is 14.4 Å². The Morgan fingerprint density at radius 1 is 0.889 bits per heavy atom. The Kier molecular flexibility index (Phi) is 9.54. The van der Waals surface area contributed by atoms with Gasteiger partial charge in [-0.1, -0.05) is 6.08 Å². The van der Waals surface area contributed by atoms with Crippen LogP contribution in [-0.4, -0.2) is 31.9 Å². The SMILES string of the molecule is COC(=O)CC/C=C/C(=O)CCCCC(=O)OC. The maximum atomic E-state index is 11.4. The second-order valence-electron chi connectivity index (χ2n) is 3.77. The topological polar surface area (TPSA) is 69.7 Å². The van der Waals surface area contributed by atoms with Gasteiger partial charge in [0.15, 0.2) is 5.78 Å². The van der Waals surface area contributed by atoms with Gasteiger partial charge in [-0.2, -0.15) is 0 Å². The molecule has 0 N–H and O–H groups in total. The molecule has 0 aromatic rings. The van der Waals surface area contributed by atoms with Crippen LogP contribution in [-0.2, 0) is 23.9 Å². The lowest BCUT2D eigenvalue weighted by molar-refractivity contribution is -0.141. The van der Waals surface area contributed by atoms with Crippen LogP contribution in [0.2, 0.25) is 0 Å². The molecule has 0 aromatic carbocycles. The maximum absolute atomic E-state index is 11.4. The molecule has 0 aromatic heterocycles. The van der Waals surface area contributed by atoms with Crippen molar-refractivity contribution in [2.75, 3.05) is 14.2 Å². The molecule has 0 saturated carbocycles. The van der Waals surface area contributed by atoms with Crippen LogP contribution in [0.25, 0.3) is 0 Å². The maximum Gasteiger partial charge on any atom is 0.305 e. The van der Waals surface area contributed by atoms with Crippen molar-refractivity contribution >= 4 is 17.7 Å². The minimum absolute atomic E-state index is 0.00438. The number of carbonyl (C=O) groups is 3. The third-order valence-corrected chi connectivity index (χ3v) is 2.33. The fraction of sp³-hybridized carbons (Fsp3) is 0.615. The number of esters is 2. The quantitative estimate of drug-likeness (QED) is 0.357. The summed E-state index contributed by atoms with van der Waals surface area (Å²) in [6.07, 6.45) is 5.98. The molecule has 0 aliphatic heterocycles. The van der Waals surface area contributed by atoms with E-state index < -0.39 is 0 Å². The van der Waals surface area contributed by atoms with Crippen LogP contribution in [0.5, 0.6) is 0 Å². The molecule has 5 heteroatoms. The van der Waals surface area contributed by atoms with E-state index >= 15 is 0 Å². The van der Waals surface area contributed by atoms with Crippen molar-refractivity contribution in [2.45, 2.75) is 38.5 Å². The molecule has 102 valence electrons. The van der Waals surface area contributed by atoms with E-state index in [9.17, 15) is 14.4 Å². The molecule has 5 nitrogen and oxygen atoms in total. The number of unbranched alkanes of at least 4 members (excludes halogenated alkanes) is 1. The highest BCUT2D eigenvalue weighted by Crippen LogP contribution is 2.03. The van der Waals surface area contributed by atoms with E-state index in [1.807, 2.05) is 0 Å². The first-order valence-electron chi connectivity index (χ1n) is 5.93. The normalized spacial score (nSPS) is 10.3. The van der Waals surface area contributed by atoms with Crippen molar-refractivity contribution in [3.8, 4) is 0 Å². The molecule has 0 heterocycles. The zero-order chi connectivity index (χ0) is 13.8. The fourth-order valence-corrected chi connectivity index (χ4v) is 1.27. The van der Waals surface area contributed by atoms with Crippen molar-refractivity contribution in [2.24, 2.45) is 0 Å². The highest BCUT2D eigenvalue weighted by Gasteiger charge is 2.02. The smallest absolute Gasteiger partial charge is 0.305 e. The first kappa shape index (κ1) is 16.4. The van der Waals surface area contributed by atoms with Crippen molar-refractivity contribution in [3.63, 3.8) is 0 Å². The largest absolute Gasteiger partial charge is 0.469 e. The van der Waals surface area contributed by atoms with Gasteiger partial charge < -0.3 is 9.47 Å². The van der Waals surface area contributed by atoms with Crippen molar-refractivity contribution < 1.29 is 23.9 Å². The van der Waals surface area contributed by atoms with Gasteiger partial charge in [-0.15, -0.1) is 0 Å². The summed E-state index contributed by atoms with van der Waals surface area (Å²) in [5.41, 5.74) is 0. The molecule has 18 heavy (non-hydrogen) atoms. The number of ketones is 1. The average molecular weight is 256 g/mol. The van der Waals surface area contributed by atoms with Crippen molar-refractivity contribution in [1.82, 2.24) is 0 Å². The summed E-state index contributed by atoms with van der Waals surface area (Å²) < 4.78 is 8.96. The van der Waals surface area contributed by atoms with Gasteiger partial charge in [0.05, 0.1) is 14.2 Å². The molecule has 0 rings (SSSR count). The molecule has 0 bridgehead atoms. The number of rotatable bonds is 9. The van der Waals surface area contributed by atoms with E-state index in [1.165, 1.54) is 20.3 Å². The highest BCUT2D eigenvalue weighted by molar-refractivity contribution is 5.89. The number of hydrogen-bond acceptors (Lipinski definition) is 5. The molecule has 0 saturated heterocycles. The van der Waals surface area contributed by atoms with Crippen molar-refractivity contribution in [1.29, 1.82) is 0 Å². The summed E-state index contributed by atoms with van der Waals surface area (Å²) in [5, 5.41) is 0. The summed E-state index contributed by atoms with van der Waals surface area (Å²) >= 11 is 0. The fourth-order valence-electron chi connectivity index (χ4n) is 1.27. The molecule has 0 radical (unpaired) electrons. The summed E-state index contributed by atoms with van der Waals surface area (Å²) in [5.74, 6) is -0.536. The van der Waals surface area contributed by atoms with Gasteiger partial charge in [0, 0.05) is 19.3 Å². The minimum atomic E-state index is -0.287. The third kappa shape index (κ3) is 9.57. The summed E-state index contributed by atoms with van der Waals surface area (Å²) in [6.45, 7) is 0. The Bertz CT molecular complexity index is 307. The first-order valence-corrected chi connectivity index (χ1v) is 5.93. The molecular formula is C13H20O5. The monoisotopic (exact) mass is 256 g/mol. The Morgan fingerprint density at radius 2 is 1.44 bits per heavy atom. The predicted molar refractivity (Wildman–Crippen MR) is 65.9 cm³/mol. The summed E-state index contributed by atoms with van der Waals surface area (Å²) in [6, 6.07) is 0. The molecular weight excluding hydrogens is 236 g/mol. The Balaban J connectivity index is 3.56. The molecule has 0 spiro atoms.